The Hall–Kier alpha value is -3.92. The minimum atomic E-state index is -3.99. The summed E-state index contributed by atoms with van der Waals surface area (Å²) in [4.78, 5) is 12.4. The van der Waals surface area contributed by atoms with Crippen LogP contribution in [-0.4, -0.2) is 34.8 Å². The zero-order valence-electron chi connectivity index (χ0n) is 19.4. The van der Waals surface area contributed by atoms with E-state index in [9.17, 15) is 13.2 Å². The molecule has 9 nitrogen and oxygen atoms in total. The topological polar surface area (TPSA) is 112 Å². The monoisotopic (exact) mass is 498 g/mol. The van der Waals surface area contributed by atoms with Crippen molar-refractivity contribution in [1.82, 2.24) is 0 Å². The second kappa shape index (κ2) is 10.6. The number of nitrogens with one attached hydrogen (secondary N) is 2. The molecule has 0 spiro atoms. The lowest BCUT2D eigenvalue weighted by Gasteiger charge is -2.14. The minimum absolute atomic E-state index is 0.0949. The number of benzene rings is 3. The maximum absolute atomic E-state index is 13.1. The van der Waals surface area contributed by atoms with E-state index in [-0.39, 0.29) is 29.8 Å². The van der Waals surface area contributed by atoms with Crippen LogP contribution in [0, 0.1) is 0 Å². The molecular formula is C25H26N2O7S. The van der Waals surface area contributed by atoms with Gasteiger partial charge in [0.1, 0.15) is 16.4 Å². The number of ether oxygens (including phenoxy) is 4. The van der Waals surface area contributed by atoms with Gasteiger partial charge in [0.05, 0.1) is 13.7 Å². The van der Waals surface area contributed by atoms with Crippen LogP contribution in [0.25, 0.3) is 0 Å². The Morgan fingerprint density at radius 2 is 1.71 bits per heavy atom. The molecule has 1 heterocycles. The Morgan fingerprint density at radius 1 is 0.971 bits per heavy atom. The fourth-order valence-electron chi connectivity index (χ4n) is 3.54. The molecule has 1 amide bonds. The minimum Gasteiger partial charge on any atom is -0.495 e. The van der Waals surface area contributed by atoms with Gasteiger partial charge >= 0.3 is 0 Å². The molecule has 0 aromatic heterocycles. The number of rotatable bonds is 10. The second-order valence-electron chi connectivity index (χ2n) is 7.66. The quantitative estimate of drug-likeness (QED) is 0.431. The molecule has 10 heteroatoms. The van der Waals surface area contributed by atoms with Crippen LogP contribution in [-0.2, 0) is 21.2 Å². The van der Waals surface area contributed by atoms with Crippen LogP contribution < -0.4 is 29.0 Å². The smallest absolute Gasteiger partial charge is 0.265 e. The molecule has 4 rings (SSSR count). The third-order valence-corrected chi connectivity index (χ3v) is 6.63. The maximum atomic E-state index is 13.1. The summed E-state index contributed by atoms with van der Waals surface area (Å²) in [7, 11) is -2.61. The van der Waals surface area contributed by atoms with Crippen molar-refractivity contribution in [2.24, 2.45) is 0 Å². The lowest BCUT2D eigenvalue weighted by molar-refractivity contribution is -0.116. The van der Waals surface area contributed by atoms with Crippen LogP contribution in [0.1, 0.15) is 18.9 Å². The molecule has 1 aliphatic heterocycles. The zero-order chi connectivity index (χ0) is 24.8. The van der Waals surface area contributed by atoms with Crippen molar-refractivity contribution in [2.45, 2.75) is 24.7 Å². The Balaban J connectivity index is 1.44. The predicted octanol–water partition coefficient (Wildman–Crippen LogP) is 4.19. The normalized spacial score (nSPS) is 12.2. The van der Waals surface area contributed by atoms with E-state index in [1.165, 1.54) is 19.2 Å². The van der Waals surface area contributed by atoms with Gasteiger partial charge in [0, 0.05) is 17.8 Å². The van der Waals surface area contributed by atoms with E-state index in [1.54, 1.807) is 30.3 Å². The first-order valence-electron chi connectivity index (χ1n) is 11.0. The molecule has 3 aromatic rings. The molecule has 2 N–H and O–H groups in total. The van der Waals surface area contributed by atoms with Crippen LogP contribution in [0.3, 0.4) is 0 Å². The first-order chi connectivity index (χ1) is 16.9. The van der Waals surface area contributed by atoms with E-state index >= 15 is 0 Å². The molecule has 1 aliphatic rings. The van der Waals surface area contributed by atoms with E-state index in [0.717, 1.165) is 5.56 Å². The summed E-state index contributed by atoms with van der Waals surface area (Å²) in [6.45, 7) is 2.57. The lowest BCUT2D eigenvalue weighted by atomic mass is 10.1. The number of carbonyl (C=O) groups excluding carboxylic acids is 1. The van der Waals surface area contributed by atoms with Crippen LogP contribution in [0.15, 0.2) is 65.6 Å². The van der Waals surface area contributed by atoms with Crippen LogP contribution in [0.2, 0.25) is 0 Å². The molecule has 0 saturated heterocycles. The standard InChI is InChI=1S/C25H26N2O7S/c1-3-32-20-9-6-18(7-10-20)27-35(29,30)24-15-19(8-12-22(24)31-2)26-25(28)13-5-17-4-11-21-23(14-17)34-16-33-21/h4,6-12,14-15,27H,3,5,13,16H2,1-2H3,(H,26,28). The Labute approximate surface area is 204 Å². The van der Waals surface area contributed by atoms with E-state index in [2.05, 4.69) is 10.0 Å². The van der Waals surface area contributed by atoms with Crippen molar-refractivity contribution in [1.29, 1.82) is 0 Å². The number of aryl methyl sites for hydroxylation is 1. The fourth-order valence-corrected chi connectivity index (χ4v) is 4.79. The molecule has 0 radical (unpaired) electrons. The molecular weight excluding hydrogens is 472 g/mol. The summed E-state index contributed by atoms with van der Waals surface area (Å²) >= 11 is 0. The highest BCUT2D eigenvalue weighted by molar-refractivity contribution is 7.92. The summed E-state index contributed by atoms with van der Waals surface area (Å²) in [6, 6.07) is 16.6. The highest BCUT2D eigenvalue weighted by Crippen LogP contribution is 2.33. The van der Waals surface area contributed by atoms with Gasteiger partial charge in [-0.1, -0.05) is 6.07 Å². The Bertz CT molecular complexity index is 1310. The number of hydrogen-bond donors (Lipinski definition) is 2. The van der Waals surface area contributed by atoms with E-state index in [1.807, 2.05) is 25.1 Å². The van der Waals surface area contributed by atoms with E-state index in [4.69, 9.17) is 18.9 Å². The number of anilines is 2. The average Bonchev–Trinajstić information content (AvgIpc) is 3.32. The second-order valence-corrected chi connectivity index (χ2v) is 9.32. The van der Waals surface area contributed by atoms with Crippen molar-refractivity contribution < 1.29 is 32.2 Å². The Kier molecular flexibility index (Phi) is 7.31. The fraction of sp³-hybridized carbons (Fsp3) is 0.240. The summed E-state index contributed by atoms with van der Waals surface area (Å²) < 4.78 is 50.0. The van der Waals surface area contributed by atoms with E-state index < -0.39 is 10.0 Å². The molecule has 0 aliphatic carbocycles. The highest BCUT2D eigenvalue weighted by atomic mass is 32.2. The van der Waals surface area contributed by atoms with Gasteiger partial charge in [-0.2, -0.15) is 0 Å². The van der Waals surface area contributed by atoms with Crippen molar-refractivity contribution in [3.05, 3.63) is 66.2 Å². The first-order valence-corrected chi connectivity index (χ1v) is 12.5. The average molecular weight is 499 g/mol. The van der Waals surface area contributed by atoms with Gasteiger partial charge in [0.2, 0.25) is 12.7 Å². The molecule has 0 saturated carbocycles. The van der Waals surface area contributed by atoms with Gasteiger partial charge in [-0.25, -0.2) is 8.42 Å². The number of fused-ring (bicyclic) bond motifs is 1. The van der Waals surface area contributed by atoms with Gasteiger partial charge in [0.25, 0.3) is 10.0 Å². The third-order valence-electron chi connectivity index (χ3n) is 5.23. The lowest BCUT2D eigenvalue weighted by Crippen LogP contribution is -2.16. The van der Waals surface area contributed by atoms with Crippen LogP contribution >= 0.6 is 0 Å². The number of methoxy groups -OCH3 is 1. The third kappa shape index (κ3) is 5.96. The molecule has 0 atom stereocenters. The number of sulfonamides is 1. The van der Waals surface area contributed by atoms with Gasteiger partial charge in [0.15, 0.2) is 11.5 Å². The van der Waals surface area contributed by atoms with Gasteiger partial charge in [-0.05, 0) is 73.5 Å². The van der Waals surface area contributed by atoms with Crippen molar-refractivity contribution in [3.8, 4) is 23.0 Å². The molecule has 0 unspecified atom stereocenters. The van der Waals surface area contributed by atoms with Gasteiger partial charge in [-0.3, -0.25) is 9.52 Å². The number of carbonyl (C=O) groups is 1. The van der Waals surface area contributed by atoms with E-state index in [0.29, 0.717) is 41.7 Å². The molecule has 0 fully saturated rings. The molecule has 0 bridgehead atoms. The Morgan fingerprint density at radius 3 is 2.46 bits per heavy atom. The van der Waals surface area contributed by atoms with Crippen molar-refractivity contribution in [2.75, 3.05) is 30.5 Å². The summed E-state index contributed by atoms with van der Waals surface area (Å²) in [6.07, 6.45) is 0.696. The molecule has 184 valence electrons. The maximum Gasteiger partial charge on any atom is 0.265 e. The highest BCUT2D eigenvalue weighted by Gasteiger charge is 2.21. The summed E-state index contributed by atoms with van der Waals surface area (Å²) in [5, 5.41) is 2.75. The zero-order valence-corrected chi connectivity index (χ0v) is 20.2. The summed E-state index contributed by atoms with van der Waals surface area (Å²) in [5.41, 5.74) is 1.64. The molecule has 35 heavy (non-hydrogen) atoms. The van der Waals surface area contributed by atoms with Gasteiger partial charge in [-0.15, -0.1) is 0 Å². The summed E-state index contributed by atoms with van der Waals surface area (Å²) in [5.74, 6) is 1.88. The first kappa shape index (κ1) is 24.2. The van der Waals surface area contributed by atoms with Gasteiger partial charge < -0.3 is 24.3 Å². The largest absolute Gasteiger partial charge is 0.495 e. The SMILES string of the molecule is CCOc1ccc(NS(=O)(=O)c2cc(NC(=O)CCc3ccc4c(c3)OCO4)ccc2OC)cc1. The predicted molar refractivity (Wildman–Crippen MR) is 131 cm³/mol. The van der Waals surface area contributed by atoms with Crippen molar-refractivity contribution in [3.63, 3.8) is 0 Å². The molecule has 3 aromatic carbocycles. The van der Waals surface area contributed by atoms with Crippen LogP contribution in [0.5, 0.6) is 23.0 Å². The van der Waals surface area contributed by atoms with Crippen LogP contribution in [0.4, 0.5) is 11.4 Å². The number of hydrogen-bond acceptors (Lipinski definition) is 7. The van der Waals surface area contributed by atoms with Crippen molar-refractivity contribution >= 4 is 27.3 Å². The number of amides is 1.